The number of rotatable bonds is 0. The topological polar surface area (TPSA) is 17.8 Å². The fourth-order valence-corrected chi connectivity index (χ4v) is 1.21. The van der Waals surface area contributed by atoms with E-state index in [-0.39, 0.29) is 0 Å². The maximum absolute atomic E-state index is 13.0. The van der Waals surface area contributed by atoms with E-state index in [0.717, 1.165) is 6.07 Å². The molecule has 0 saturated heterocycles. The summed E-state index contributed by atoms with van der Waals surface area (Å²) in [4.78, 5) is 3.82. The zero-order chi connectivity index (χ0) is 8.72. The minimum absolute atomic E-state index is 0.330. The summed E-state index contributed by atoms with van der Waals surface area (Å²) in [5.74, 6) is -1.18. The molecule has 0 atom stereocenters. The highest BCUT2D eigenvalue weighted by atomic mass is 19.1. The molecule has 62 valence electrons. The van der Waals surface area contributed by atoms with Gasteiger partial charge in [-0.05, 0) is 0 Å². The van der Waals surface area contributed by atoms with Crippen LogP contribution in [0.3, 0.4) is 0 Å². The highest BCUT2D eigenvalue weighted by Crippen LogP contribution is 2.16. The van der Waals surface area contributed by atoms with Crippen LogP contribution in [0.5, 0.6) is 0 Å². The van der Waals surface area contributed by atoms with Gasteiger partial charge in [0.2, 0.25) is 0 Å². The first-order valence-electron chi connectivity index (χ1n) is 3.44. The van der Waals surface area contributed by atoms with Gasteiger partial charge in [0.1, 0.15) is 11.3 Å². The van der Waals surface area contributed by atoms with Crippen molar-refractivity contribution in [2.24, 2.45) is 7.05 Å². The standard InChI is InChI=1S/C8H6F2N2/c1-12-4-11-7-3-5(9)2-6(10)8(7)12/h2-4H,1H3. The lowest BCUT2D eigenvalue weighted by Crippen LogP contribution is -1.89. The van der Waals surface area contributed by atoms with Crippen LogP contribution < -0.4 is 0 Å². The third-order valence-electron chi connectivity index (χ3n) is 1.73. The van der Waals surface area contributed by atoms with Crippen molar-refractivity contribution in [1.82, 2.24) is 9.55 Å². The number of benzene rings is 1. The van der Waals surface area contributed by atoms with Gasteiger partial charge in [-0.1, -0.05) is 0 Å². The molecule has 0 radical (unpaired) electrons. The Morgan fingerprint density at radius 1 is 1.33 bits per heavy atom. The molecule has 0 fully saturated rings. The molecule has 0 aliphatic heterocycles. The molecule has 0 bridgehead atoms. The lowest BCUT2D eigenvalue weighted by Gasteiger charge is -1.95. The average Bonchev–Trinajstić information content (AvgIpc) is 2.31. The van der Waals surface area contributed by atoms with E-state index in [0.29, 0.717) is 11.0 Å². The Morgan fingerprint density at radius 2 is 2.08 bits per heavy atom. The maximum atomic E-state index is 13.0. The number of hydrogen-bond acceptors (Lipinski definition) is 1. The summed E-state index contributed by atoms with van der Waals surface area (Å²) in [6, 6.07) is 2.06. The van der Waals surface area contributed by atoms with Gasteiger partial charge in [0, 0.05) is 19.2 Å². The molecular weight excluding hydrogens is 162 g/mol. The lowest BCUT2D eigenvalue weighted by molar-refractivity contribution is 0.588. The van der Waals surface area contributed by atoms with Crippen LogP contribution in [0.25, 0.3) is 11.0 Å². The molecule has 2 rings (SSSR count). The molecule has 12 heavy (non-hydrogen) atoms. The molecule has 0 amide bonds. The van der Waals surface area contributed by atoms with Gasteiger partial charge in [0.05, 0.1) is 11.8 Å². The number of halogens is 2. The predicted molar refractivity (Wildman–Crippen MR) is 40.6 cm³/mol. The Labute approximate surface area is 67.4 Å². The van der Waals surface area contributed by atoms with E-state index >= 15 is 0 Å². The van der Waals surface area contributed by atoms with Crippen LogP contribution in [0.2, 0.25) is 0 Å². The molecule has 0 N–H and O–H groups in total. The summed E-state index contributed by atoms with van der Waals surface area (Å²) < 4.78 is 27.2. The molecular formula is C8H6F2N2. The molecule has 1 aromatic heterocycles. The fourth-order valence-electron chi connectivity index (χ4n) is 1.21. The van der Waals surface area contributed by atoms with Crippen LogP contribution in [-0.4, -0.2) is 9.55 Å². The van der Waals surface area contributed by atoms with E-state index in [1.165, 1.54) is 17.0 Å². The summed E-state index contributed by atoms with van der Waals surface area (Å²) in [5, 5.41) is 0. The summed E-state index contributed by atoms with van der Waals surface area (Å²) >= 11 is 0. The SMILES string of the molecule is Cn1cnc2cc(F)cc(F)c21. The number of aromatic nitrogens is 2. The van der Waals surface area contributed by atoms with E-state index < -0.39 is 11.6 Å². The van der Waals surface area contributed by atoms with E-state index in [2.05, 4.69) is 4.98 Å². The van der Waals surface area contributed by atoms with E-state index in [4.69, 9.17) is 0 Å². The van der Waals surface area contributed by atoms with Crippen molar-refractivity contribution >= 4 is 11.0 Å². The molecule has 0 aliphatic carbocycles. The van der Waals surface area contributed by atoms with E-state index in [1.54, 1.807) is 7.05 Å². The molecule has 4 heteroatoms. The number of nitrogens with zero attached hydrogens (tertiary/aromatic N) is 2. The van der Waals surface area contributed by atoms with Crippen molar-refractivity contribution in [1.29, 1.82) is 0 Å². The minimum atomic E-state index is -0.598. The number of aryl methyl sites for hydroxylation is 1. The second kappa shape index (κ2) is 2.27. The third kappa shape index (κ3) is 0.879. The van der Waals surface area contributed by atoms with Gasteiger partial charge in [-0.15, -0.1) is 0 Å². The molecule has 2 aromatic rings. The van der Waals surface area contributed by atoms with Gasteiger partial charge < -0.3 is 4.57 Å². The van der Waals surface area contributed by atoms with Crippen LogP contribution in [0, 0.1) is 11.6 Å². The number of imidazole rings is 1. The largest absolute Gasteiger partial charge is 0.331 e. The highest BCUT2D eigenvalue weighted by molar-refractivity contribution is 5.75. The minimum Gasteiger partial charge on any atom is -0.331 e. The van der Waals surface area contributed by atoms with Crippen molar-refractivity contribution in [2.45, 2.75) is 0 Å². The molecule has 0 unspecified atom stereocenters. The molecule has 0 aliphatic rings. The third-order valence-corrected chi connectivity index (χ3v) is 1.73. The van der Waals surface area contributed by atoms with Gasteiger partial charge in [-0.25, -0.2) is 13.8 Å². The van der Waals surface area contributed by atoms with Gasteiger partial charge in [0.15, 0.2) is 5.82 Å². The first-order chi connectivity index (χ1) is 5.68. The van der Waals surface area contributed by atoms with E-state index in [9.17, 15) is 8.78 Å². The van der Waals surface area contributed by atoms with Crippen molar-refractivity contribution in [3.8, 4) is 0 Å². The molecule has 1 heterocycles. The van der Waals surface area contributed by atoms with Crippen molar-refractivity contribution in [3.63, 3.8) is 0 Å². The predicted octanol–water partition coefficient (Wildman–Crippen LogP) is 1.85. The van der Waals surface area contributed by atoms with Crippen LogP contribution in [-0.2, 0) is 7.05 Å². The van der Waals surface area contributed by atoms with Gasteiger partial charge in [-0.3, -0.25) is 0 Å². The highest BCUT2D eigenvalue weighted by Gasteiger charge is 2.07. The Balaban J connectivity index is 2.93. The first kappa shape index (κ1) is 7.21. The number of fused-ring (bicyclic) bond motifs is 1. The second-order valence-electron chi connectivity index (χ2n) is 2.61. The first-order valence-corrected chi connectivity index (χ1v) is 3.44. The van der Waals surface area contributed by atoms with Crippen LogP contribution in [0.15, 0.2) is 18.5 Å². The zero-order valence-corrected chi connectivity index (χ0v) is 6.38. The fraction of sp³-hybridized carbons (Fsp3) is 0.125. The van der Waals surface area contributed by atoms with Gasteiger partial charge in [0.25, 0.3) is 0 Å². The Morgan fingerprint density at radius 3 is 2.83 bits per heavy atom. The molecule has 2 nitrogen and oxygen atoms in total. The van der Waals surface area contributed by atoms with Crippen molar-refractivity contribution in [2.75, 3.05) is 0 Å². The Kier molecular flexibility index (Phi) is 1.36. The van der Waals surface area contributed by atoms with Crippen molar-refractivity contribution in [3.05, 3.63) is 30.1 Å². The summed E-state index contributed by atoms with van der Waals surface area (Å²) in [6.45, 7) is 0. The van der Waals surface area contributed by atoms with Crippen LogP contribution in [0.4, 0.5) is 8.78 Å². The van der Waals surface area contributed by atoms with Crippen molar-refractivity contribution < 1.29 is 8.78 Å². The average molecular weight is 168 g/mol. The van der Waals surface area contributed by atoms with E-state index in [1.807, 2.05) is 0 Å². The smallest absolute Gasteiger partial charge is 0.152 e. The maximum Gasteiger partial charge on any atom is 0.152 e. The van der Waals surface area contributed by atoms with Gasteiger partial charge >= 0.3 is 0 Å². The summed E-state index contributed by atoms with van der Waals surface area (Å²) in [5.41, 5.74) is 0.673. The quantitative estimate of drug-likeness (QED) is 0.587. The zero-order valence-electron chi connectivity index (χ0n) is 6.38. The Bertz CT molecular complexity index is 434. The normalized spacial score (nSPS) is 10.9. The Hall–Kier alpha value is -1.45. The summed E-state index contributed by atoms with van der Waals surface area (Å²) in [6.07, 6.45) is 1.45. The van der Waals surface area contributed by atoms with Gasteiger partial charge in [-0.2, -0.15) is 0 Å². The monoisotopic (exact) mass is 168 g/mol. The molecule has 1 aromatic carbocycles. The lowest BCUT2D eigenvalue weighted by atomic mass is 10.3. The summed E-state index contributed by atoms with van der Waals surface area (Å²) in [7, 11) is 1.66. The number of hydrogen-bond donors (Lipinski definition) is 0. The second-order valence-corrected chi connectivity index (χ2v) is 2.61. The van der Waals surface area contributed by atoms with Crippen LogP contribution >= 0.6 is 0 Å². The molecule has 0 spiro atoms. The molecule has 0 saturated carbocycles. The van der Waals surface area contributed by atoms with Crippen LogP contribution in [0.1, 0.15) is 0 Å².